The molecule has 0 radical (unpaired) electrons. The summed E-state index contributed by atoms with van der Waals surface area (Å²) >= 11 is 1.80. The second-order valence-electron chi connectivity index (χ2n) is 7.08. The van der Waals surface area contributed by atoms with Gasteiger partial charge in [-0.15, -0.1) is 17.9 Å². The first kappa shape index (κ1) is 18.2. The van der Waals surface area contributed by atoms with Crippen molar-refractivity contribution in [2.45, 2.75) is 13.0 Å². The van der Waals surface area contributed by atoms with Gasteiger partial charge < -0.3 is 15.0 Å². The first-order valence-corrected chi connectivity index (χ1v) is 10.2. The van der Waals surface area contributed by atoms with Crippen molar-refractivity contribution < 1.29 is 4.74 Å². The van der Waals surface area contributed by atoms with Gasteiger partial charge in [0, 0.05) is 47.7 Å². The molecule has 6 heteroatoms. The quantitative estimate of drug-likeness (QED) is 0.628. The van der Waals surface area contributed by atoms with Crippen molar-refractivity contribution in [2.75, 3.05) is 45.2 Å². The zero-order valence-corrected chi connectivity index (χ0v) is 16.8. The van der Waals surface area contributed by atoms with Crippen molar-refractivity contribution >= 4 is 28.2 Å². The summed E-state index contributed by atoms with van der Waals surface area (Å²) in [4.78, 5) is 10.9. The standard InChI is InChI=1S/C21H26N4OS/c1-4-10-26-14-17-13-25(9-8-24(17)3)20-18-11-15(2)27-21(18)23-12-16-6-5-7-22-19(16)20/h4-7,11-12,17,23H,1,8-10,13-14H2,2-3H3. The van der Waals surface area contributed by atoms with E-state index in [2.05, 4.69) is 54.0 Å². The topological polar surface area (TPSA) is 40.6 Å². The molecule has 1 fully saturated rings. The summed E-state index contributed by atoms with van der Waals surface area (Å²) in [7, 11) is 2.18. The van der Waals surface area contributed by atoms with E-state index in [1.54, 1.807) is 11.3 Å². The number of pyridine rings is 1. The number of hydrogen-bond donors (Lipinski definition) is 1. The monoisotopic (exact) mass is 382 g/mol. The fourth-order valence-electron chi connectivity index (χ4n) is 3.74. The summed E-state index contributed by atoms with van der Waals surface area (Å²) < 4.78 is 5.77. The van der Waals surface area contributed by atoms with Crippen LogP contribution in [0, 0.1) is 6.92 Å². The Morgan fingerprint density at radius 2 is 2.33 bits per heavy atom. The van der Waals surface area contributed by atoms with Gasteiger partial charge in [-0.05, 0) is 32.2 Å². The van der Waals surface area contributed by atoms with E-state index in [1.165, 1.54) is 21.1 Å². The Labute approximate surface area is 164 Å². The van der Waals surface area contributed by atoms with Crippen molar-refractivity contribution in [2.24, 2.45) is 0 Å². The third kappa shape index (κ3) is 3.65. The summed E-state index contributed by atoms with van der Waals surface area (Å²) in [6.07, 6.45) is 5.77. The van der Waals surface area contributed by atoms with Crippen LogP contribution in [0.4, 0.5) is 5.00 Å². The lowest BCUT2D eigenvalue weighted by atomic mass is 10.1. The van der Waals surface area contributed by atoms with Crippen LogP contribution in [-0.4, -0.2) is 60.7 Å². The van der Waals surface area contributed by atoms with Crippen LogP contribution in [0.1, 0.15) is 10.4 Å². The highest BCUT2D eigenvalue weighted by Gasteiger charge is 2.29. The number of aromatic nitrogens is 1. The highest BCUT2D eigenvalue weighted by atomic mass is 32.1. The number of likely N-dealkylation sites (N-methyl/N-ethyl adjacent to an activating group) is 1. The minimum atomic E-state index is 0.349. The molecule has 1 atom stereocenters. The lowest BCUT2D eigenvalue weighted by Gasteiger charge is -2.41. The lowest BCUT2D eigenvalue weighted by molar-refractivity contribution is 0.0481. The van der Waals surface area contributed by atoms with Crippen molar-refractivity contribution in [3.05, 3.63) is 58.1 Å². The van der Waals surface area contributed by atoms with E-state index in [-0.39, 0.29) is 0 Å². The van der Waals surface area contributed by atoms with Crippen molar-refractivity contribution in [3.8, 4) is 0 Å². The number of nitrogens with zero attached hydrogens (tertiary/aromatic N) is 3. The molecule has 1 unspecified atom stereocenters. The van der Waals surface area contributed by atoms with Gasteiger partial charge in [-0.25, -0.2) is 0 Å². The van der Waals surface area contributed by atoms with E-state index in [4.69, 9.17) is 9.72 Å². The van der Waals surface area contributed by atoms with Crippen molar-refractivity contribution in [1.82, 2.24) is 14.8 Å². The number of thiophene rings is 1. The Morgan fingerprint density at radius 1 is 1.44 bits per heavy atom. The Balaban J connectivity index is 1.76. The molecule has 5 nitrogen and oxygen atoms in total. The number of fused-ring (bicyclic) bond motifs is 2. The van der Waals surface area contributed by atoms with Crippen LogP contribution in [0.2, 0.25) is 0 Å². The van der Waals surface area contributed by atoms with Gasteiger partial charge >= 0.3 is 0 Å². The molecule has 2 aromatic heterocycles. The zero-order chi connectivity index (χ0) is 18.8. The number of nitrogens with one attached hydrogen (secondary N) is 1. The molecule has 1 saturated heterocycles. The molecule has 0 spiro atoms. The van der Waals surface area contributed by atoms with Crippen LogP contribution in [0.25, 0.3) is 11.9 Å². The van der Waals surface area contributed by atoms with E-state index < -0.39 is 0 Å². The Bertz CT molecular complexity index is 951. The van der Waals surface area contributed by atoms with Gasteiger partial charge in [-0.1, -0.05) is 6.08 Å². The molecule has 0 aliphatic carbocycles. The Kier molecular flexibility index (Phi) is 5.29. The molecule has 142 valence electrons. The van der Waals surface area contributed by atoms with Gasteiger partial charge in [0.05, 0.1) is 30.3 Å². The third-order valence-corrected chi connectivity index (χ3v) is 6.15. The highest BCUT2D eigenvalue weighted by Crippen LogP contribution is 2.34. The molecule has 0 amide bonds. The maximum atomic E-state index is 5.77. The first-order chi connectivity index (χ1) is 13.2. The lowest BCUT2D eigenvalue weighted by Crippen LogP contribution is -2.54. The minimum absolute atomic E-state index is 0.349. The van der Waals surface area contributed by atoms with Crippen LogP contribution in [-0.2, 0) is 4.74 Å². The van der Waals surface area contributed by atoms with Crippen LogP contribution in [0.3, 0.4) is 0 Å². The SMILES string of the molecule is C=CCOCC1CN(C2=c3ncccc3=CNc3sc(C)cc32)CCN1C. The van der Waals surface area contributed by atoms with Crippen LogP contribution < -0.4 is 15.9 Å². The molecule has 0 bridgehead atoms. The molecule has 4 heterocycles. The number of ether oxygens (including phenoxy) is 1. The smallest absolute Gasteiger partial charge is 0.102 e. The highest BCUT2D eigenvalue weighted by molar-refractivity contribution is 7.16. The van der Waals surface area contributed by atoms with Crippen molar-refractivity contribution in [3.63, 3.8) is 0 Å². The Hall–Kier alpha value is -2.15. The number of piperazine rings is 1. The maximum absolute atomic E-state index is 5.77. The van der Waals surface area contributed by atoms with E-state index in [1.807, 2.05) is 18.3 Å². The fraction of sp³-hybridized carbons (Fsp3) is 0.381. The molecule has 0 saturated carbocycles. The minimum Gasteiger partial charge on any atom is -0.376 e. The molecule has 2 aliphatic heterocycles. The number of anilines is 1. The van der Waals surface area contributed by atoms with Gasteiger partial charge in [-0.2, -0.15) is 0 Å². The first-order valence-electron chi connectivity index (χ1n) is 9.34. The van der Waals surface area contributed by atoms with E-state index >= 15 is 0 Å². The number of aryl methyl sites for hydroxylation is 1. The fourth-order valence-corrected chi connectivity index (χ4v) is 4.62. The van der Waals surface area contributed by atoms with Gasteiger partial charge in [0.15, 0.2) is 0 Å². The largest absolute Gasteiger partial charge is 0.376 e. The summed E-state index contributed by atoms with van der Waals surface area (Å²) in [6, 6.07) is 6.75. The van der Waals surface area contributed by atoms with E-state index in [9.17, 15) is 0 Å². The molecule has 1 N–H and O–H groups in total. The van der Waals surface area contributed by atoms with Gasteiger partial charge in [0.1, 0.15) is 5.00 Å². The average Bonchev–Trinajstić information content (AvgIpc) is 2.96. The average molecular weight is 383 g/mol. The van der Waals surface area contributed by atoms with Crippen LogP contribution in [0.5, 0.6) is 0 Å². The normalized spacial score (nSPS) is 19.6. The molecule has 27 heavy (non-hydrogen) atoms. The van der Waals surface area contributed by atoms with Gasteiger partial charge in [0.25, 0.3) is 0 Å². The summed E-state index contributed by atoms with van der Waals surface area (Å²) in [5.41, 5.74) is 2.48. The van der Waals surface area contributed by atoms with Crippen LogP contribution in [0.15, 0.2) is 37.1 Å². The van der Waals surface area contributed by atoms with Crippen LogP contribution >= 0.6 is 11.3 Å². The molecule has 4 rings (SSSR count). The maximum Gasteiger partial charge on any atom is 0.102 e. The molecule has 2 aromatic rings. The van der Waals surface area contributed by atoms with Gasteiger partial charge in [-0.3, -0.25) is 9.88 Å². The summed E-state index contributed by atoms with van der Waals surface area (Å²) in [5, 5.41) is 6.87. The molecular weight excluding hydrogens is 356 g/mol. The second-order valence-corrected chi connectivity index (χ2v) is 8.34. The third-order valence-electron chi connectivity index (χ3n) is 5.17. The second kappa shape index (κ2) is 7.84. The molecule has 2 aliphatic rings. The molecule has 0 aromatic carbocycles. The summed E-state index contributed by atoms with van der Waals surface area (Å²) in [6.45, 7) is 10.1. The Morgan fingerprint density at radius 3 is 3.19 bits per heavy atom. The zero-order valence-electron chi connectivity index (χ0n) is 15.9. The van der Waals surface area contributed by atoms with Gasteiger partial charge in [0.2, 0.25) is 0 Å². The predicted octanol–water partition coefficient (Wildman–Crippen LogP) is 1.59. The number of hydrogen-bond acceptors (Lipinski definition) is 6. The molecular formula is C21H26N4OS. The number of rotatable bonds is 5. The summed E-state index contributed by atoms with van der Waals surface area (Å²) in [5.74, 6) is 0. The van der Waals surface area contributed by atoms with E-state index in [0.29, 0.717) is 19.3 Å². The predicted molar refractivity (Wildman–Crippen MR) is 112 cm³/mol. The van der Waals surface area contributed by atoms with Crippen molar-refractivity contribution in [1.29, 1.82) is 0 Å². The van der Waals surface area contributed by atoms with E-state index in [0.717, 1.165) is 30.2 Å².